The molecule has 9 nitrogen and oxygen atoms in total. The van der Waals surface area contributed by atoms with Gasteiger partial charge in [-0.25, -0.2) is 4.79 Å². The zero-order valence-electron chi connectivity index (χ0n) is 32.8. The van der Waals surface area contributed by atoms with Crippen molar-refractivity contribution in [3.63, 3.8) is 0 Å². The molecule has 0 saturated heterocycles. The zero-order chi connectivity index (χ0) is 43.4. The van der Waals surface area contributed by atoms with E-state index < -0.39 is 71.6 Å². The summed E-state index contributed by atoms with van der Waals surface area (Å²) in [4.78, 5) is 19.2. The van der Waals surface area contributed by atoms with Crippen LogP contribution in [0, 0.1) is 0 Å². The van der Waals surface area contributed by atoms with Crippen LogP contribution < -0.4 is 9.80 Å². The van der Waals surface area contributed by atoms with Crippen molar-refractivity contribution >= 4 is 17.7 Å². The molecule has 2 unspecified atom stereocenters. The molecular formula is C42H42F9N7O2. The van der Waals surface area contributed by atoms with E-state index in [0.29, 0.717) is 38.2 Å². The summed E-state index contributed by atoms with van der Waals surface area (Å²) < 4.78 is 132. The van der Waals surface area contributed by atoms with E-state index in [1.54, 1.807) is 20.8 Å². The van der Waals surface area contributed by atoms with Gasteiger partial charge < -0.3 is 9.64 Å². The fraction of sp³-hybridized carbons (Fsp3) is 0.381. The van der Waals surface area contributed by atoms with Gasteiger partial charge in [-0.2, -0.15) is 44.3 Å². The maximum absolute atomic E-state index is 14.2. The lowest BCUT2D eigenvalue weighted by molar-refractivity contribution is -0.143. The summed E-state index contributed by atoms with van der Waals surface area (Å²) in [5, 5.41) is 12.8. The van der Waals surface area contributed by atoms with Gasteiger partial charge in [-0.05, 0) is 97.5 Å². The number of fused-ring (bicyclic) bond motifs is 1. The highest BCUT2D eigenvalue weighted by molar-refractivity contribution is 5.90. The molecule has 0 radical (unpaired) electrons. The first-order chi connectivity index (χ1) is 28.3. The molecule has 5 aromatic rings. The number of ether oxygens (including phenoxy) is 1. The molecular weight excluding hydrogens is 805 g/mol. The minimum absolute atomic E-state index is 0.00624. The lowest BCUT2D eigenvalue weighted by Crippen LogP contribution is -2.47. The van der Waals surface area contributed by atoms with Crippen LogP contribution in [-0.4, -0.2) is 49.9 Å². The second-order valence-electron chi connectivity index (χ2n) is 14.9. The number of tetrazole rings is 1. The van der Waals surface area contributed by atoms with Crippen LogP contribution in [0.15, 0.2) is 97.1 Å². The van der Waals surface area contributed by atoms with Crippen LogP contribution in [0.2, 0.25) is 0 Å². The molecule has 2 heterocycles. The molecule has 2 atom stereocenters. The third-order valence-electron chi connectivity index (χ3n) is 9.92. The maximum Gasteiger partial charge on any atom is 0.416 e. The number of carbonyl (C=O) groups is 1. The summed E-state index contributed by atoms with van der Waals surface area (Å²) in [5.41, 5.74) is -2.62. The Kier molecular flexibility index (Phi) is 13.1. The monoisotopic (exact) mass is 847 g/mol. The van der Waals surface area contributed by atoms with Crippen LogP contribution in [0.25, 0.3) is 0 Å². The summed E-state index contributed by atoms with van der Waals surface area (Å²) in [6.07, 6.45) is -16.3. The molecule has 0 aliphatic carbocycles. The second kappa shape index (κ2) is 17.9. The molecule has 1 aliphatic heterocycles. The number of hydrogen-bond acceptors (Lipinski definition) is 7. The predicted octanol–water partition coefficient (Wildman–Crippen LogP) is 10.7. The second-order valence-corrected chi connectivity index (χ2v) is 14.9. The van der Waals surface area contributed by atoms with Crippen molar-refractivity contribution in [1.82, 2.24) is 25.1 Å². The van der Waals surface area contributed by atoms with Crippen LogP contribution in [-0.2, 0) is 49.4 Å². The molecule has 1 aliphatic rings. The molecule has 0 spiro atoms. The van der Waals surface area contributed by atoms with E-state index in [-0.39, 0.29) is 36.2 Å². The van der Waals surface area contributed by atoms with Gasteiger partial charge in [0.1, 0.15) is 0 Å². The summed E-state index contributed by atoms with van der Waals surface area (Å²) in [7, 11) is 0. The molecule has 320 valence electrons. The van der Waals surface area contributed by atoms with Crippen LogP contribution in [0.4, 0.5) is 55.9 Å². The van der Waals surface area contributed by atoms with Crippen LogP contribution in [0.3, 0.4) is 0 Å². The fourth-order valence-corrected chi connectivity index (χ4v) is 7.25. The van der Waals surface area contributed by atoms with Gasteiger partial charge in [0.05, 0.1) is 41.1 Å². The SMILES string of the molecule is CC(C)OC(=O)N1c2ccc(C(F)(F)F)cc2C(N(Cc2cc(C(F)(F)F)cc(C(F)(F)F)c2)c2nnn(CCCN(Cc3ccccc3)Cc3ccccc3)n2)CC1C. The molecule has 0 saturated carbocycles. The maximum atomic E-state index is 14.2. The Bertz CT molecular complexity index is 2140. The Labute approximate surface area is 340 Å². The Hall–Kier alpha value is -5.65. The Morgan fingerprint density at radius 2 is 1.32 bits per heavy atom. The standard InChI is InChI=1S/C42H42F9N7O2/c1-27(2)60-39(59)58-28(3)19-37(35-23-32(40(43,44)45)15-16-36(35)58)56(26-31-20-33(41(46,47)48)22-34(21-31)42(49,50)51)38-52-54-57(53-38)18-10-17-55(24-29-11-6-4-7-12-29)25-30-13-8-5-9-14-30/h4-9,11-16,20-23,27-28,37H,10,17-19,24-26H2,1-3H3. The van der Waals surface area contributed by atoms with Crippen molar-refractivity contribution in [1.29, 1.82) is 0 Å². The molecule has 1 amide bonds. The molecule has 18 heteroatoms. The Morgan fingerprint density at radius 1 is 0.750 bits per heavy atom. The highest BCUT2D eigenvalue weighted by Gasteiger charge is 2.42. The van der Waals surface area contributed by atoms with Gasteiger partial charge in [0.15, 0.2) is 0 Å². The number of amides is 1. The van der Waals surface area contributed by atoms with Crippen molar-refractivity contribution in [2.24, 2.45) is 0 Å². The van der Waals surface area contributed by atoms with Crippen molar-refractivity contribution < 1.29 is 49.0 Å². The number of rotatable bonds is 13. The van der Waals surface area contributed by atoms with Gasteiger partial charge >= 0.3 is 24.6 Å². The summed E-state index contributed by atoms with van der Waals surface area (Å²) in [6, 6.07) is 21.4. The van der Waals surface area contributed by atoms with E-state index in [4.69, 9.17) is 4.74 Å². The lowest BCUT2D eigenvalue weighted by Gasteiger charge is -2.43. The van der Waals surface area contributed by atoms with Crippen molar-refractivity contribution in [3.05, 3.63) is 136 Å². The summed E-state index contributed by atoms with van der Waals surface area (Å²) in [6.45, 7) is 6.07. The first-order valence-corrected chi connectivity index (χ1v) is 19.1. The van der Waals surface area contributed by atoms with E-state index in [9.17, 15) is 44.3 Å². The number of hydrogen-bond donors (Lipinski definition) is 0. The highest BCUT2D eigenvalue weighted by Crippen LogP contribution is 2.45. The van der Waals surface area contributed by atoms with E-state index >= 15 is 0 Å². The number of benzene rings is 4. The molecule has 0 N–H and O–H groups in total. The Morgan fingerprint density at radius 3 is 1.85 bits per heavy atom. The molecule has 4 aromatic carbocycles. The van der Waals surface area contributed by atoms with Crippen molar-refractivity contribution in [2.45, 2.75) is 96.5 Å². The quantitative estimate of drug-likeness (QED) is 0.109. The van der Waals surface area contributed by atoms with Gasteiger partial charge in [-0.1, -0.05) is 65.8 Å². The van der Waals surface area contributed by atoms with Crippen LogP contribution in [0.5, 0.6) is 0 Å². The smallest absolute Gasteiger partial charge is 0.416 e. The molecule has 0 bridgehead atoms. The largest absolute Gasteiger partial charge is 0.446 e. The van der Waals surface area contributed by atoms with Crippen molar-refractivity contribution in [3.8, 4) is 0 Å². The number of aryl methyl sites for hydroxylation is 1. The molecule has 1 aromatic heterocycles. The zero-order valence-corrected chi connectivity index (χ0v) is 32.8. The van der Waals surface area contributed by atoms with E-state index in [1.165, 1.54) is 14.6 Å². The predicted molar refractivity (Wildman–Crippen MR) is 204 cm³/mol. The minimum Gasteiger partial charge on any atom is -0.446 e. The number of carbonyl (C=O) groups excluding carboxylic acids is 1. The van der Waals surface area contributed by atoms with Crippen molar-refractivity contribution in [2.75, 3.05) is 16.3 Å². The first kappa shape index (κ1) is 43.9. The number of nitrogens with zero attached hydrogens (tertiary/aromatic N) is 7. The Balaban J connectivity index is 1.38. The van der Waals surface area contributed by atoms with Gasteiger partial charge in [-0.15, -0.1) is 5.10 Å². The third-order valence-corrected chi connectivity index (χ3v) is 9.92. The summed E-state index contributed by atoms with van der Waals surface area (Å²) >= 11 is 0. The number of anilines is 2. The van der Waals surface area contributed by atoms with Crippen LogP contribution >= 0.6 is 0 Å². The molecule has 60 heavy (non-hydrogen) atoms. The highest BCUT2D eigenvalue weighted by atomic mass is 19.4. The molecule has 6 rings (SSSR count). The van der Waals surface area contributed by atoms with E-state index in [1.807, 2.05) is 60.7 Å². The topological polar surface area (TPSA) is 79.6 Å². The fourth-order valence-electron chi connectivity index (χ4n) is 7.25. The third kappa shape index (κ3) is 10.9. The van der Waals surface area contributed by atoms with E-state index in [0.717, 1.165) is 29.3 Å². The van der Waals surface area contributed by atoms with Gasteiger partial charge in [0.25, 0.3) is 5.95 Å². The lowest BCUT2D eigenvalue weighted by atomic mass is 9.89. The van der Waals surface area contributed by atoms with Gasteiger partial charge in [-0.3, -0.25) is 9.80 Å². The summed E-state index contributed by atoms with van der Waals surface area (Å²) in [5.74, 6) is -0.259. The number of alkyl halides is 9. The van der Waals surface area contributed by atoms with E-state index in [2.05, 4.69) is 20.3 Å². The number of aromatic nitrogens is 4. The normalized spacial score (nSPS) is 16.0. The van der Waals surface area contributed by atoms with Gasteiger partial charge in [0.2, 0.25) is 0 Å². The average Bonchev–Trinajstić information content (AvgIpc) is 3.64. The molecule has 0 fully saturated rings. The average molecular weight is 848 g/mol. The number of halogens is 9. The minimum atomic E-state index is -5.16. The van der Waals surface area contributed by atoms with Crippen LogP contribution in [0.1, 0.15) is 78.6 Å². The first-order valence-electron chi connectivity index (χ1n) is 19.1. The van der Waals surface area contributed by atoms with Gasteiger partial charge in [0, 0.05) is 32.2 Å².